The smallest absolute Gasteiger partial charge is 0.286 e. The van der Waals surface area contributed by atoms with Gasteiger partial charge in [0.15, 0.2) is 0 Å². The number of para-hydroxylation sites is 1. The number of benzene rings is 2. The summed E-state index contributed by atoms with van der Waals surface area (Å²) in [5, 5.41) is 0.468. The summed E-state index contributed by atoms with van der Waals surface area (Å²) in [5.41, 5.74) is 5.69. The van der Waals surface area contributed by atoms with Gasteiger partial charge in [-0.2, -0.15) is 0 Å². The highest BCUT2D eigenvalue weighted by molar-refractivity contribution is 7.92. The Kier molecular flexibility index (Phi) is 3.34. The molecule has 0 saturated heterocycles. The van der Waals surface area contributed by atoms with Crippen molar-refractivity contribution in [2.45, 2.75) is 4.90 Å². The van der Waals surface area contributed by atoms with Crippen molar-refractivity contribution in [1.82, 2.24) is 0 Å². The average molecular weight is 316 g/mol. The molecule has 0 aliphatic carbocycles. The number of sulfonamides is 1. The second-order valence-electron chi connectivity index (χ2n) is 4.59. The van der Waals surface area contributed by atoms with Crippen molar-refractivity contribution in [3.8, 4) is 0 Å². The Bertz CT molecular complexity index is 946. The highest BCUT2D eigenvalue weighted by Crippen LogP contribution is 2.32. The van der Waals surface area contributed by atoms with Crippen molar-refractivity contribution in [3.63, 3.8) is 0 Å². The summed E-state index contributed by atoms with van der Waals surface area (Å²) in [5.74, 6) is -1.07. The van der Waals surface area contributed by atoms with Crippen LogP contribution in [0.3, 0.4) is 0 Å². The molecule has 3 rings (SSSR count). The van der Waals surface area contributed by atoms with E-state index in [1.807, 2.05) is 0 Å². The number of nitrogens with two attached hydrogens (primary N) is 1. The van der Waals surface area contributed by atoms with Crippen LogP contribution in [0.2, 0.25) is 0 Å². The molecule has 22 heavy (non-hydrogen) atoms. The van der Waals surface area contributed by atoms with Crippen LogP contribution in [0.1, 0.15) is 10.6 Å². The van der Waals surface area contributed by atoms with Crippen LogP contribution in [-0.4, -0.2) is 14.3 Å². The number of rotatable bonds is 4. The topological polar surface area (TPSA) is 102 Å². The lowest BCUT2D eigenvalue weighted by Crippen LogP contribution is -2.17. The van der Waals surface area contributed by atoms with Crippen LogP contribution in [0.4, 0.5) is 5.69 Å². The average Bonchev–Trinajstić information content (AvgIpc) is 2.87. The zero-order valence-electron chi connectivity index (χ0n) is 11.3. The van der Waals surface area contributed by atoms with E-state index in [4.69, 9.17) is 10.2 Å². The molecular weight excluding hydrogens is 304 g/mol. The minimum absolute atomic E-state index is 0.0481. The van der Waals surface area contributed by atoms with Gasteiger partial charge in [-0.15, -0.1) is 0 Å². The Balaban J connectivity index is 2.14. The maximum absolute atomic E-state index is 12.4. The molecule has 0 radical (unpaired) electrons. The second-order valence-corrected chi connectivity index (χ2v) is 6.27. The predicted octanol–water partition coefficient (Wildman–Crippen LogP) is 2.33. The lowest BCUT2D eigenvalue weighted by atomic mass is 10.2. The summed E-state index contributed by atoms with van der Waals surface area (Å²) in [6.07, 6.45) is 0. The number of carbonyl (C=O) groups is 1. The number of carbonyl (C=O) groups excluding carboxylic acids is 1. The van der Waals surface area contributed by atoms with Crippen molar-refractivity contribution >= 4 is 32.6 Å². The fourth-order valence-electron chi connectivity index (χ4n) is 2.11. The monoisotopic (exact) mass is 316 g/mol. The molecule has 0 bridgehead atoms. The van der Waals surface area contributed by atoms with Gasteiger partial charge in [0.05, 0.1) is 4.90 Å². The van der Waals surface area contributed by atoms with E-state index in [0.29, 0.717) is 11.0 Å². The molecule has 0 atom stereocenters. The molecule has 7 heteroatoms. The predicted molar refractivity (Wildman–Crippen MR) is 82.0 cm³/mol. The van der Waals surface area contributed by atoms with E-state index in [9.17, 15) is 13.2 Å². The zero-order valence-corrected chi connectivity index (χ0v) is 12.1. The van der Waals surface area contributed by atoms with Crippen LogP contribution in [0.5, 0.6) is 0 Å². The number of hydrogen-bond donors (Lipinski definition) is 2. The first kappa shape index (κ1) is 14.2. The number of anilines is 1. The molecule has 0 aliphatic heterocycles. The third-order valence-corrected chi connectivity index (χ3v) is 4.47. The van der Waals surface area contributed by atoms with Gasteiger partial charge in [-0.3, -0.25) is 9.52 Å². The fraction of sp³-hybridized carbons (Fsp3) is 0. The highest BCUT2D eigenvalue weighted by atomic mass is 32.2. The van der Waals surface area contributed by atoms with Crippen LogP contribution in [0.25, 0.3) is 11.0 Å². The van der Waals surface area contributed by atoms with Crippen molar-refractivity contribution in [1.29, 1.82) is 0 Å². The van der Waals surface area contributed by atoms with Gasteiger partial charge in [-0.05, 0) is 24.3 Å². The van der Waals surface area contributed by atoms with Crippen molar-refractivity contribution < 1.29 is 17.6 Å². The van der Waals surface area contributed by atoms with Crippen molar-refractivity contribution in [3.05, 3.63) is 60.4 Å². The molecule has 0 aliphatic rings. The van der Waals surface area contributed by atoms with E-state index in [2.05, 4.69) is 4.72 Å². The summed E-state index contributed by atoms with van der Waals surface area (Å²) in [6.45, 7) is 0. The van der Waals surface area contributed by atoms with Crippen LogP contribution < -0.4 is 10.5 Å². The van der Waals surface area contributed by atoms with Crippen molar-refractivity contribution in [2.24, 2.45) is 5.73 Å². The van der Waals surface area contributed by atoms with Gasteiger partial charge in [-0.1, -0.05) is 30.3 Å². The number of hydrogen-bond acceptors (Lipinski definition) is 4. The molecule has 0 fully saturated rings. The molecular formula is C15H12N2O4S. The Morgan fingerprint density at radius 3 is 2.32 bits per heavy atom. The Hall–Kier alpha value is -2.80. The normalized spacial score (nSPS) is 11.5. The van der Waals surface area contributed by atoms with Crippen LogP contribution in [0, 0.1) is 0 Å². The lowest BCUT2D eigenvalue weighted by molar-refractivity contribution is 0.0977. The van der Waals surface area contributed by atoms with Crippen LogP contribution in [-0.2, 0) is 10.0 Å². The number of nitrogens with one attached hydrogen (secondary N) is 1. The van der Waals surface area contributed by atoms with Crippen molar-refractivity contribution in [2.75, 3.05) is 4.72 Å². The molecule has 112 valence electrons. The van der Waals surface area contributed by atoms with Gasteiger partial charge in [-0.25, -0.2) is 8.42 Å². The molecule has 0 saturated carbocycles. The summed E-state index contributed by atoms with van der Waals surface area (Å²) in [7, 11) is -3.85. The summed E-state index contributed by atoms with van der Waals surface area (Å²) in [4.78, 5) is 11.6. The number of primary amides is 1. The summed E-state index contributed by atoms with van der Waals surface area (Å²) in [6, 6.07) is 14.5. The number of furan rings is 1. The third kappa shape index (κ3) is 2.42. The Morgan fingerprint density at radius 2 is 1.64 bits per heavy atom. The van der Waals surface area contributed by atoms with E-state index in [1.165, 1.54) is 12.1 Å². The van der Waals surface area contributed by atoms with Gasteiger partial charge in [0.1, 0.15) is 11.3 Å². The van der Waals surface area contributed by atoms with Gasteiger partial charge in [0.25, 0.3) is 15.9 Å². The van der Waals surface area contributed by atoms with E-state index in [1.54, 1.807) is 42.5 Å². The standard InChI is InChI=1S/C15H12N2O4S/c16-15(18)14-13(11-8-4-5-9-12(11)21-14)17-22(19,20)10-6-2-1-3-7-10/h1-9,17H,(H2,16,18). The first-order valence-electron chi connectivity index (χ1n) is 6.38. The maximum atomic E-state index is 12.4. The van der Waals surface area contributed by atoms with Gasteiger partial charge in [0, 0.05) is 5.39 Å². The minimum Gasteiger partial charge on any atom is -0.449 e. The first-order chi connectivity index (χ1) is 10.5. The van der Waals surface area contributed by atoms with Crippen LogP contribution >= 0.6 is 0 Å². The largest absolute Gasteiger partial charge is 0.449 e. The van der Waals surface area contributed by atoms with E-state index < -0.39 is 15.9 Å². The molecule has 6 nitrogen and oxygen atoms in total. The quantitative estimate of drug-likeness (QED) is 0.771. The molecule has 2 aromatic carbocycles. The molecule has 0 unspecified atom stereocenters. The first-order valence-corrected chi connectivity index (χ1v) is 7.86. The third-order valence-electron chi connectivity index (χ3n) is 3.11. The van der Waals surface area contributed by atoms with E-state index in [-0.39, 0.29) is 16.3 Å². The fourth-order valence-corrected chi connectivity index (χ4v) is 3.22. The molecule has 1 aromatic heterocycles. The van der Waals surface area contributed by atoms with Gasteiger partial charge >= 0.3 is 0 Å². The Morgan fingerprint density at radius 1 is 1.00 bits per heavy atom. The van der Waals surface area contributed by atoms with E-state index >= 15 is 0 Å². The summed E-state index contributed by atoms with van der Waals surface area (Å²) < 4.78 is 32.6. The number of fused-ring (bicyclic) bond motifs is 1. The van der Waals surface area contributed by atoms with Crippen LogP contribution in [0.15, 0.2) is 63.9 Å². The molecule has 1 heterocycles. The highest BCUT2D eigenvalue weighted by Gasteiger charge is 2.23. The number of amides is 1. The summed E-state index contributed by atoms with van der Waals surface area (Å²) >= 11 is 0. The minimum atomic E-state index is -3.85. The molecule has 0 spiro atoms. The molecule has 1 amide bonds. The SMILES string of the molecule is NC(=O)c1oc2ccccc2c1NS(=O)(=O)c1ccccc1. The zero-order chi connectivity index (χ0) is 15.7. The molecule has 3 N–H and O–H groups in total. The van der Waals surface area contributed by atoms with Gasteiger partial charge in [0.2, 0.25) is 5.76 Å². The second kappa shape index (κ2) is 5.19. The van der Waals surface area contributed by atoms with Gasteiger partial charge < -0.3 is 10.2 Å². The maximum Gasteiger partial charge on any atom is 0.286 e. The lowest BCUT2D eigenvalue weighted by Gasteiger charge is -2.07. The Labute approximate surface area is 126 Å². The van der Waals surface area contributed by atoms with E-state index in [0.717, 1.165) is 0 Å². The molecule has 3 aromatic rings.